The van der Waals surface area contributed by atoms with E-state index < -0.39 is 0 Å². The summed E-state index contributed by atoms with van der Waals surface area (Å²) >= 11 is 1.71. The quantitative estimate of drug-likeness (QED) is 0.228. The van der Waals surface area contributed by atoms with Crippen molar-refractivity contribution in [2.45, 2.75) is 32.2 Å². The molecule has 0 amide bonds. The van der Waals surface area contributed by atoms with E-state index in [0.717, 1.165) is 69.2 Å². The fourth-order valence-electron chi connectivity index (χ4n) is 5.41. The van der Waals surface area contributed by atoms with Crippen LogP contribution in [0.3, 0.4) is 0 Å². The highest BCUT2D eigenvalue weighted by Crippen LogP contribution is 2.35. The van der Waals surface area contributed by atoms with E-state index >= 15 is 0 Å². The van der Waals surface area contributed by atoms with E-state index in [4.69, 9.17) is 4.98 Å². The van der Waals surface area contributed by atoms with Gasteiger partial charge in [0.15, 0.2) is 0 Å². The number of aromatic amines is 2. The van der Waals surface area contributed by atoms with Crippen LogP contribution < -0.4 is 5.32 Å². The first-order valence-electron chi connectivity index (χ1n) is 12.8. The Morgan fingerprint density at radius 3 is 2.78 bits per heavy atom. The van der Waals surface area contributed by atoms with Crippen molar-refractivity contribution >= 4 is 33.3 Å². The van der Waals surface area contributed by atoms with Gasteiger partial charge in [-0.15, -0.1) is 11.3 Å². The molecule has 6 aromatic rings. The van der Waals surface area contributed by atoms with Crippen LogP contribution in [0.4, 0.5) is 0 Å². The summed E-state index contributed by atoms with van der Waals surface area (Å²) in [6.45, 7) is 1.91. The minimum atomic E-state index is 0.799. The minimum absolute atomic E-state index is 0.799. The Labute approximate surface area is 218 Å². The molecule has 3 N–H and O–H groups in total. The van der Waals surface area contributed by atoms with E-state index in [1.165, 1.54) is 36.1 Å². The van der Waals surface area contributed by atoms with Gasteiger partial charge in [0.05, 0.1) is 28.6 Å². The normalized spacial score (nSPS) is 14.3. The van der Waals surface area contributed by atoms with Gasteiger partial charge in [0.2, 0.25) is 0 Å². The molecule has 1 saturated carbocycles. The number of aromatic nitrogens is 6. The van der Waals surface area contributed by atoms with Crippen LogP contribution in [0.25, 0.3) is 55.0 Å². The first-order chi connectivity index (χ1) is 18.3. The second-order valence-electron chi connectivity index (χ2n) is 9.84. The molecule has 0 atom stereocenters. The first-order valence-corrected chi connectivity index (χ1v) is 13.7. The van der Waals surface area contributed by atoms with Crippen molar-refractivity contribution in [2.24, 2.45) is 5.92 Å². The number of rotatable bonds is 7. The van der Waals surface area contributed by atoms with Crippen LogP contribution in [0.5, 0.6) is 0 Å². The van der Waals surface area contributed by atoms with Crippen LogP contribution in [0.1, 0.15) is 31.2 Å². The molecule has 7 nitrogen and oxygen atoms in total. The monoisotopic (exact) mass is 505 g/mol. The SMILES string of the molecule is c1csc(-c2cncc3[nH]c(-c4n[nH]c5ccc(-c6cncc(CNCC7CCCC7)c6)nc45)cc23)c1. The van der Waals surface area contributed by atoms with E-state index in [1.54, 1.807) is 11.3 Å². The molecule has 0 aromatic carbocycles. The molecule has 6 heterocycles. The molecule has 184 valence electrons. The summed E-state index contributed by atoms with van der Waals surface area (Å²) in [5.41, 5.74) is 8.62. The summed E-state index contributed by atoms with van der Waals surface area (Å²) < 4.78 is 0. The van der Waals surface area contributed by atoms with Gasteiger partial charge >= 0.3 is 0 Å². The van der Waals surface area contributed by atoms with Crippen molar-refractivity contribution < 1.29 is 0 Å². The fraction of sp³-hybridized carbons (Fsp3) is 0.241. The summed E-state index contributed by atoms with van der Waals surface area (Å²) in [6.07, 6.45) is 13.1. The lowest BCUT2D eigenvalue weighted by Crippen LogP contribution is -2.20. The molecule has 1 aliphatic rings. The summed E-state index contributed by atoms with van der Waals surface area (Å²) in [7, 11) is 0. The zero-order valence-electron chi connectivity index (χ0n) is 20.4. The molecule has 1 fully saturated rings. The predicted octanol–water partition coefficient (Wildman–Crippen LogP) is 6.57. The maximum atomic E-state index is 5.02. The van der Waals surface area contributed by atoms with E-state index in [9.17, 15) is 0 Å². The number of hydrogen-bond acceptors (Lipinski definition) is 6. The number of pyridine rings is 3. The van der Waals surface area contributed by atoms with Gasteiger partial charge in [-0.3, -0.25) is 15.1 Å². The zero-order chi connectivity index (χ0) is 24.6. The Balaban J connectivity index is 1.20. The molecule has 8 heteroatoms. The van der Waals surface area contributed by atoms with Gasteiger partial charge in [-0.2, -0.15) is 5.10 Å². The van der Waals surface area contributed by atoms with Gasteiger partial charge in [0, 0.05) is 46.5 Å². The lowest BCUT2D eigenvalue weighted by atomic mass is 10.1. The van der Waals surface area contributed by atoms with Crippen LogP contribution >= 0.6 is 11.3 Å². The number of thiophene rings is 1. The number of hydrogen-bond donors (Lipinski definition) is 3. The van der Waals surface area contributed by atoms with E-state index in [-0.39, 0.29) is 0 Å². The molecule has 7 rings (SSSR count). The maximum Gasteiger partial charge on any atom is 0.135 e. The highest BCUT2D eigenvalue weighted by atomic mass is 32.1. The van der Waals surface area contributed by atoms with Gasteiger partial charge in [0.25, 0.3) is 0 Å². The molecule has 1 aliphatic carbocycles. The van der Waals surface area contributed by atoms with Crippen molar-refractivity contribution in [3.8, 4) is 33.1 Å². The Kier molecular flexibility index (Phi) is 5.75. The van der Waals surface area contributed by atoms with E-state index in [0.29, 0.717) is 0 Å². The average molecular weight is 506 g/mol. The van der Waals surface area contributed by atoms with Crippen LogP contribution in [-0.4, -0.2) is 36.7 Å². The van der Waals surface area contributed by atoms with Crippen LogP contribution in [0.2, 0.25) is 0 Å². The largest absolute Gasteiger partial charge is 0.352 e. The lowest BCUT2D eigenvalue weighted by Gasteiger charge is -2.11. The van der Waals surface area contributed by atoms with Gasteiger partial charge in [-0.25, -0.2) is 4.98 Å². The fourth-order valence-corrected chi connectivity index (χ4v) is 6.16. The van der Waals surface area contributed by atoms with Crippen LogP contribution in [-0.2, 0) is 6.54 Å². The van der Waals surface area contributed by atoms with E-state index in [1.807, 2.05) is 36.9 Å². The van der Waals surface area contributed by atoms with Crippen LogP contribution in [0, 0.1) is 5.92 Å². The third kappa shape index (κ3) is 4.32. The number of nitrogens with zero attached hydrogens (tertiary/aromatic N) is 4. The zero-order valence-corrected chi connectivity index (χ0v) is 21.2. The molecule has 0 bridgehead atoms. The highest BCUT2D eigenvalue weighted by Gasteiger charge is 2.17. The maximum absolute atomic E-state index is 5.02. The topological polar surface area (TPSA) is 95.2 Å². The highest BCUT2D eigenvalue weighted by molar-refractivity contribution is 7.13. The van der Waals surface area contributed by atoms with E-state index in [2.05, 4.69) is 60.1 Å². The Bertz CT molecular complexity index is 1680. The average Bonchev–Trinajstić information content (AvgIpc) is 3.74. The van der Waals surface area contributed by atoms with Gasteiger partial charge in [-0.1, -0.05) is 18.9 Å². The van der Waals surface area contributed by atoms with Gasteiger partial charge in [0.1, 0.15) is 11.2 Å². The van der Waals surface area contributed by atoms with Crippen molar-refractivity contribution in [1.29, 1.82) is 0 Å². The Hall–Kier alpha value is -3.88. The minimum Gasteiger partial charge on any atom is -0.352 e. The molecule has 6 aromatic heterocycles. The van der Waals surface area contributed by atoms with Crippen molar-refractivity contribution in [1.82, 2.24) is 35.5 Å². The molecular formula is C29H27N7S. The number of H-pyrrole nitrogens is 2. The summed E-state index contributed by atoms with van der Waals surface area (Å²) in [5.74, 6) is 0.821. The third-order valence-electron chi connectivity index (χ3n) is 7.32. The molecular weight excluding hydrogens is 478 g/mol. The molecule has 0 saturated heterocycles. The summed E-state index contributed by atoms with van der Waals surface area (Å²) in [4.78, 5) is 18.7. The standard InChI is InChI=1S/C29H27N7S/c1-2-5-18(4-1)12-30-13-19-10-20(15-31-14-19)23-7-8-24-28(34-23)29(36-35-24)25-11-21-22(27-6-3-9-37-27)16-32-17-26(21)33-25/h3,6-11,14-18,30,33H,1-2,4-5,12-13H2,(H,35,36). The van der Waals surface area contributed by atoms with Crippen molar-refractivity contribution in [3.05, 3.63) is 72.1 Å². The molecule has 0 spiro atoms. The van der Waals surface area contributed by atoms with Crippen LogP contribution in [0.15, 0.2) is 66.6 Å². The smallest absolute Gasteiger partial charge is 0.135 e. The first kappa shape index (κ1) is 22.3. The molecule has 0 aliphatic heterocycles. The predicted molar refractivity (Wildman–Crippen MR) is 149 cm³/mol. The van der Waals surface area contributed by atoms with Gasteiger partial charge in [-0.05, 0) is 66.6 Å². The number of fused-ring (bicyclic) bond motifs is 2. The Morgan fingerprint density at radius 2 is 1.89 bits per heavy atom. The number of nitrogens with one attached hydrogen (secondary N) is 3. The third-order valence-corrected chi connectivity index (χ3v) is 8.23. The second kappa shape index (κ2) is 9.53. The second-order valence-corrected chi connectivity index (χ2v) is 10.8. The Morgan fingerprint density at radius 1 is 0.973 bits per heavy atom. The van der Waals surface area contributed by atoms with Crippen molar-refractivity contribution in [3.63, 3.8) is 0 Å². The van der Waals surface area contributed by atoms with Crippen molar-refractivity contribution in [2.75, 3.05) is 6.54 Å². The summed E-state index contributed by atoms with van der Waals surface area (Å²) in [5, 5.41) is 14.6. The van der Waals surface area contributed by atoms with Gasteiger partial charge < -0.3 is 10.3 Å². The molecule has 0 radical (unpaired) electrons. The molecule has 0 unspecified atom stereocenters. The molecule has 37 heavy (non-hydrogen) atoms. The lowest BCUT2D eigenvalue weighted by molar-refractivity contribution is 0.489. The summed E-state index contributed by atoms with van der Waals surface area (Å²) in [6, 6.07) is 12.6.